The Morgan fingerprint density at radius 1 is 0.321 bits per heavy atom. The van der Waals surface area contributed by atoms with Crippen molar-refractivity contribution in [3.63, 3.8) is 0 Å². The van der Waals surface area contributed by atoms with Crippen LogP contribution in [0.5, 0.6) is 0 Å². The first kappa shape index (κ1) is 33.2. The van der Waals surface area contributed by atoms with E-state index in [1.54, 1.807) is 0 Å². The Balaban J connectivity index is 1.09. The molecule has 0 aliphatic heterocycles. The molecule has 0 unspecified atom stereocenters. The largest absolute Gasteiger partial charge is 0.456 e. The zero-order chi connectivity index (χ0) is 37.4. The molecular formula is C52H35N3O. The Labute approximate surface area is 325 Å². The van der Waals surface area contributed by atoms with Crippen LogP contribution < -0.4 is 0 Å². The maximum Gasteiger partial charge on any atom is 0.164 e. The van der Waals surface area contributed by atoms with Gasteiger partial charge in [-0.05, 0) is 81.8 Å². The molecule has 10 aromatic rings. The summed E-state index contributed by atoms with van der Waals surface area (Å²) in [5.41, 5.74) is 14.7. The second-order valence-electron chi connectivity index (χ2n) is 14.1. The van der Waals surface area contributed by atoms with Gasteiger partial charge in [0.05, 0.1) is 0 Å². The lowest BCUT2D eigenvalue weighted by Gasteiger charge is -2.11. The van der Waals surface area contributed by atoms with Crippen molar-refractivity contribution < 1.29 is 4.42 Å². The van der Waals surface area contributed by atoms with Crippen LogP contribution in [0.3, 0.4) is 0 Å². The van der Waals surface area contributed by atoms with Gasteiger partial charge < -0.3 is 4.42 Å². The number of aryl methyl sites for hydroxylation is 1. The van der Waals surface area contributed by atoms with Gasteiger partial charge in [-0.2, -0.15) is 0 Å². The Morgan fingerprint density at radius 3 is 1.36 bits per heavy atom. The summed E-state index contributed by atoms with van der Waals surface area (Å²) in [5, 5.41) is 2.13. The molecule has 10 rings (SSSR count). The van der Waals surface area contributed by atoms with Crippen molar-refractivity contribution in [2.24, 2.45) is 0 Å². The summed E-state index contributed by atoms with van der Waals surface area (Å²) in [6.45, 7) is 2.10. The first-order valence-electron chi connectivity index (χ1n) is 18.8. The summed E-state index contributed by atoms with van der Waals surface area (Å²) >= 11 is 0. The first-order valence-corrected chi connectivity index (χ1v) is 18.8. The van der Waals surface area contributed by atoms with E-state index in [0.717, 1.165) is 72.0 Å². The summed E-state index contributed by atoms with van der Waals surface area (Å²) < 4.78 is 6.57. The van der Waals surface area contributed by atoms with E-state index in [-0.39, 0.29) is 0 Å². The minimum atomic E-state index is 0.579. The lowest BCUT2D eigenvalue weighted by Crippen LogP contribution is -2.00. The Bertz CT molecular complexity index is 3000. The van der Waals surface area contributed by atoms with Crippen LogP contribution in [0.2, 0.25) is 0 Å². The van der Waals surface area contributed by atoms with Crippen molar-refractivity contribution in [1.82, 2.24) is 15.0 Å². The zero-order valence-electron chi connectivity index (χ0n) is 30.7. The van der Waals surface area contributed by atoms with Gasteiger partial charge in [0.1, 0.15) is 11.2 Å². The molecule has 0 aliphatic carbocycles. The molecule has 264 valence electrons. The lowest BCUT2D eigenvalue weighted by atomic mass is 9.96. The number of nitrogens with zero attached hydrogens (tertiary/aromatic N) is 3. The summed E-state index contributed by atoms with van der Waals surface area (Å²) in [7, 11) is 0. The van der Waals surface area contributed by atoms with Crippen LogP contribution in [0, 0.1) is 6.92 Å². The predicted octanol–water partition coefficient (Wildman–Crippen LogP) is 13.7. The molecule has 0 amide bonds. The molecule has 4 heteroatoms. The molecule has 0 bridgehead atoms. The van der Waals surface area contributed by atoms with Gasteiger partial charge in [-0.3, -0.25) is 0 Å². The fourth-order valence-corrected chi connectivity index (χ4v) is 7.49. The fraction of sp³-hybridized carbons (Fsp3) is 0.0192. The van der Waals surface area contributed by atoms with Gasteiger partial charge in [0.25, 0.3) is 0 Å². The van der Waals surface area contributed by atoms with Gasteiger partial charge in [0.2, 0.25) is 0 Å². The quantitative estimate of drug-likeness (QED) is 0.165. The van der Waals surface area contributed by atoms with E-state index in [0.29, 0.717) is 17.5 Å². The summed E-state index contributed by atoms with van der Waals surface area (Å²) in [6, 6.07) is 67.6. The van der Waals surface area contributed by atoms with Crippen LogP contribution in [-0.4, -0.2) is 15.0 Å². The van der Waals surface area contributed by atoms with E-state index in [1.807, 2.05) is 18.2 Å². The minimum Gasteiger partial charge on any atom is -0.456 e. The molecule has 56 heavy (non-hydrogen) atoms. The highest BCUT2D eigenvalue weighted by Gasteiger charge is 2.17. The highest BCUT2D eigenvalue weighted by Crippen LogP contribution is 2.39. The molecule has 0 saturated heterocycles. The van der Waals surface area contributed by atoms with Gasteiger partial charge in [0.15, 0.2) is 17.5 Å². The van der Waals surface area contributed by atoms with E-state index in [1.165, 1.54) is 16.7 Å². The monoisotopic (exact) mass is 717 g/mol. The Morgan fingerprint density at radius 2 is 0.750 bits per heavy atom. The maximum atomic E-state index is 6.57. The van der Waals surface area contributed by atoms with E-state index in [4.69, 9.17) is 19.4 Å². The molecule has 0 N–H and O–H groups in total. The number of fused-ring (bicyclic) bond motifs is 3. The molecule has 0 saturated carbocycles. The molecule has 2 aromatic heterocycles. The van der Waals surface area contributed by atoms with Crippen molar-refractivity contribution in [1.29, 1.82) is 0 Å². The molecule has 4 nitrogen and oxygen atoms in total. The predicted molar refractivity (Wildman–Crippen MR) is 230 cm³/mol. The molecule has 0 spiro atoms. The van der Waals surface area contributed by atoms with E-state index in [9.17, 15) is 0 Å². The molecular weight excluding hydrogens is 683 g/mol. The zero-order valence-corrected chi connectivity index (χ0v) is 30.7. The maximum absolute atomic E-state index is 6.57. The van der Waals surface area contributed by atoms with Crippen LogP contribution >= 0.6 is 0 Å². The number of aromatic nitrogens is 3. The fourth-order valence-electron chi connectivity index (χ4n) is 7.49. The van der Waals surface area contributed by atoms with Gasteiger partial charge >= 0.3 is 0 Å². The van der Waals surface area contributed by atoms with E-state index in [2.05, 4.69) is 183 Å². The molecule has 2 heterocycles. The Kier molecular flexibility index (Phi) is 8.34. The van der Waals surface area contributed by atoms with Gasteiger partial charge in [-0.1, -0.05) is 169 Å². The van der Waals surface area contributed by atoms with Crippen molar-refractivity contribution in [3.8, 4) is 78.7 Å². The molecule has 0 radical (unpaired) electrons. The van der Waals surface area contributed by atoms with E-state index >= 15 is 0 Å². The van der Waals surface area contributed by atoms with Crippen molar-refractivity contribution >= 4 is 21.9 Å². The van der Waals surface area contributed by atoms with Crippen LogP contribution in [0.15, 0.2) is 199 Å². The van der Waals surface area contributed by atoms with Crippen LogP contribution in [0.4, 0.5) is 0 Å². The highest BCUT2D eigenvalue weighted by atomic mass is 16.3. The summed E-state index contributed by atoms with van der Waals surface area (Å²) in [4.78, 5) is 15.3. The van der Waals surface area contributed by atoms with Crippen molar-refractivity contribution in [3.05, 3.63) is 200 Å². The molecule has 8 aromatic carbocycles. The van der Waals surface area contributed by atoms with Gasteiger partial charge in [-0.15, -0.1) is 0 Å². The number of hydrogen-bond donors (Lipinski definition) is 0. The number of furan rings is 1. The van der Waals surface area contributed by atoms with Crippen molar-refractivity contribution in [2.75, 3.05) is 0 Å². The second-order valence-corrected chi connectivity index (χ2v) is 14.1. The second kappa shape index (κ2) is 14.1. The summed E-state index contributed by atoms with van der Waals surface area (Å²) in [6.07, 6.45) is 0. The molecule has 0 fully saturated rings. The summed E-state index contributed by atoms with van der Waals surface area (Å²) in [5.74, 6) is 1.79. The normalized spacial score (nSPS) is 11.3. The number of rotatable bonds is 7. The Hall–Kier alpha value is -7.43. The topological polar surface area (TPSA) is 51.8 Å². The van der Waals surface area contributed by atoms with E-state index < -0.39 is 0 Å². The third-order valence-corrected chi connectivity index (χ3v) is 10.4. The average molecular weight is 718 g/mol. The van der Waals surface area contributed by atoms with Crippen LogP contribution in [-0.2, 0) is 0 Å². The molecule has 0 atom stereocenters. The first-order chi connectivity index (χ1) is 27.6. The number of benzene rings is 8. The minimum absolute atomic E-state index is 0.579. The van der Waals surface area contributed by atoms with Gasteiger partial charge in [0, 0.05) is 27.5 Å². The number of hydrogen-bond acceptors (Lipinski definition) is 4. The standard InChI is InChI=1S/C52H35N3O/c1-34-21-23-38(24-22-34)41-16-9-18-43(32-41)51-53-50(42-17-8-15-40(31-42)36-13-6-3-7-14-36)54-52(55-51)44-29-30-46-48(33-44)56-47-20-10-19-45(49(46)47)39-27-25-37(26-28-39)35-11-4-2-5-12-35/h2-33H,1H3. The lowest BCUT2D eigenvalue weighted by molar-refractivity contribution is 0.669. The SMILES string of the molecule is Cc1ccc(-c2cccc(-c3nc(-c4cccc(-c5ccccc5)c4)nc(-c4ccc5c(c4)oc4cccc(-c6ccc(-c7ccccc7)cc6)c45)n3)c2)cc1. The third-order valence-electron chi connectivity index (χ3n) is 10.4. The average Bonchev–Trinajstić information content (AvgIpc) is 3.66. The van der Waals surface area contributed by atoms with Crippen molar-refractivity contribution in [2.45, 2.75) is 6.92 Å². The third kappa shape index (κ3) is 6.33. The molecule has 0 aliphatic rings. The highest BCUT2D eigenvalue weighted by molar-refractivity contribution is 6.13. The van der Waals surface area contributed by atoms with Crippen LogP contribution in [0.25, 0.3) is 101 Å². The van der Waals surface area contributed by atoms with Gasteiger partial charge in [-0.25, -0.2) is 15.0 Å². The smallest absolute Gasteiger partial charge is 0.164 e. The van der Waals surface area contributed by atoms with Crippen LogP contribution in [0.1, 0.15) is 5.56 Å².